The molecule has 0 radical (unpaired) electrons. The van der Waals surface area contributed by atoms with Gasteiger partial charge in [0.1, 0.15) is 17.0 Å². The second-order valence-electron chi connectivity index (χ2n) is 7.69. The lowest BCUT2D eigenvalue weighted by Crippen LogP contribution is -2.41. The predicted octanol–water partition coefficient (Wildman–Crippen LogP) is 3.53. The number of ketones is 2. The number of carbonyl (C=O) groups excluding carboxylic acids is 2. The van der Waals surface area contributed by atoms with E-state index in [2.05, 4.69) is 29.8 Å². The summed E-state index contributed by atoms with van der Waals surface area (Å²) in [6.45, 7) is 13.5. The third-order valence-corrected chi connectivity index (χ3v) is 5.81. The van der Waals surface area contributed by atoms with Crippen molar-refractivity contribution >= 4 is 11.6 Å². The molecule has 2 saturated heterocycles. The van der Waals surface area contributed by atoms with E-state index >= 15 is 0 Å². The van der Waals surface area contributed by atoms with Gasteiger partial charge >= 0.3 is 0 Å². The average molecular weight is 366 g/mol. The summed E-state index contributed by atoms with van der Waals surface area (Å²) in [7, 11) is 4.14. The van der Waals surface area contributed by atoms with E-state index in [1.165, 1.54) is 6.92 Å². The maximum Gasteiger partial charge on any atom is 0.150 e. The first-order valence-corrected chi connectivity index (χ1v) is 10.0. The highest BCUT2D eigenvalue weighted by atomic mass is 16.1. The van der Waals surface area contributed by atoms with Gasteiger partial charge in [-0.25, -0.2) is 0 Å². The lowest BCUT2D eigenvalue weighted by Gasteiger charge is -2.36. The van der Waals surface area contributed by atoms with Gasteiger partial charge in [0.25, 0.3) is 0 Å². The van der Waals surface area contributed by atoms with Crippen LogP contribution in [0.25, 0.3) is 0 Å². The number of hydrogen-bond acceptors (Lipinski definition) is 5. The second kappa shape index (κ2) is 11.5. The van der Waals surface area contributed by atoms with Gasteiger partial charge in [-0.2, -0.15) is 5.26 Å². The molecule has 2 heterocycles. The Kier molecular flexibility index (Phi) is 10.9. The monoisotopic (exact) mass is 365 g/mol. The van der Waals surface area contributed by atoms with Crippen molar-refractivity contribution < 1.29 is 9.59 Å². The number of carbonyl (C=O) groups is 2. The summed E-state index contributed by atoms with van der Waals surface area (Å²) < 4.78 is 0. The first-order valence-electron chi connectivity index (χ1n) is 10.0. The molecule has 26 heavy (non-hydrogen) atoms. The first kappa shape index (κ1) is 24.8. The highest BCUT2D eigenvalue weighted by Gasteiger charge is 2.38. The molecule has 2 fully saturated rings. The summed E-state index contributed by atoms with van der Waals surface area (Å²) >= 11 is 0. The number of likely N-dealkylation sites (tertiary alicyclic amines) is 2. The van der Waals surface area contributed by atoms with Gasteiger partial charge in [-0.05, 0) is 72.9 Å². The number of rotatable bonds is 3. The van der Waals surface area contributed by atoms with Gasteiger partial charge in [-0.1, -0.05) is 27.7 Å². The van der Waals surface area contributed by atoms with E-state index in [1.54, 1.807) is 0 Å². The highest BCUT2D eigenvalue weighted by molar-refractivity contribution is 5.85. The molecule has 0 unspecified atom stereocenters. The zero-order valence-electron chi connectivity index (χ0n) is 18.0. The van der Waals surface area contributed by atoms with Crippen LogP contribution in [0.1, 0.15) is 66.7 Å². The molecule has 0 aliphatic carbocycles. The quantitative estimate of drug-likeness (QED) is 0.765. The van der Waals surface area contributed by atoms with Gasteiger partial charge in [0.05, 0.1) is 6.07 Å². The summed E-state index contributed by atoms with van der Waals surface area (Å²) in [4.78, 5) is 27.2. The van der Waals surface area contributed by atoms with Crippen LogP contribution in [0.15, 0.2) is 0 Å². The minimum Gasteiger partial charge on any atom is -0.306 e. The van der Waals surface area contributed by atoms with E-state index in [0.29, 0.717) is 25.0 Å². The topological polar surface area (TPSA) is 64.4 Å². The Morgan fingerprint density at radius 1 is 0.962 bits per heavy atom. The molecule has 0 N–H and O–H groups in total. The van der Waals surface area contributed by atoms with E-state index in [-0.39, 0.29) is 11.2 Å². The van der Waals surface area contributed by atoms with Crippen molar-refractivity contribution in [3.63, 3.8) is 0 Å². The molecular weight excluding hydrogens is 326 g/mol. The van der Waals surface area contributed by atoms with Crippen molar-refractivity contribution in [2.75, 3.05) is 40.3 Å². The summed E-state index contributed by atoms with van der Waals surface area (Å²) in [5.41, 5.74) is -0.687. The highest BCUT2D eigenvalue weighted by Crippen LogP contribution is 2.32. The molecule has 150 valence electrons. The van der Waals surface area contributed by atoms with Gasteiger partial charge in [0, 0.05) is 11.8 Å². The standard InChI is InChI=1S/C10H19NO.C9H14N2O.C2H6/c1-4-9(12)10(2)5-7-11(3)8-6-10;1-8(12)9(7-10)3-5-11(2)6-4-9;1-2/h4-8H2,1-3H3;3-6H2,1-2H3;1-2H3. The summed E-state index contributed by atoms with van der Waals surface area (Å²) in [6, 6.07) is 2.16. The third-order valence-electron chi connectivity index (χ3n) is 5.81. The van der Waals surface area contributed by atoms with E-state index < -0.39 is 5.41 Å². The van der Waals surface area contributed by atoms with Crippen LogP contribution >= 0.6 is 0 Å². The Labute approximate surface area is 160 Å². The van der Waals surface area contributed by atoms with Crippen molar-refractivity contribution in [2.45, 2.75) is 66.7 Å². The fraction of sp³-hybridized carbons (Fsp3) is 0.857. The lowest BCUT2D eigenvalue weighted by molar-refractivity contribution is -0.130. The fourth-order valence-corrected chi connectivity index (χ4v) is 3.36. The zero-order chi connectivity index (χ0) is 20.4. The molecule has 0 aromatic heterocycles. The van der Waals surface area contributed by atoms with Crippen molar-refractivity contribution in [1.29, 1.82) is 5.26 Å². The Bertz CT molecular complexity index is 480. The molecule has 5 heteroatoms. The lowest BCUT2D eigenvalue weighted by atomic mass is 9.76. The molecule has 2 rings (SSSR count). The molecule has 0 atom stereocenters. The SMILES string of the molecule is CC.CC(=O)C1(C#N)CCN(C)CC1.CCC(=O)C1(C)CCN(C)CC1. The minimum atomic E-state index is -0.674. The van der Waals surface area contributed by atoms with E-state index in [1.807, 2.05) is 27.8 Å². The first-order chi connectivity index (χ1) is 12.2. The zero-order valence-corrected chi connectivity index (χ0v) is 18.0. The smallest absolute Gasteiger partial charge is 0.150 e. The second-order valence-corrected chi connectivity index (χ2v) is 7.69. The van der Waals surface area contributed by atoms with Gasteiger partial charge in [0.2, 0.25) is 0 Å². The van der Waals surface area contributed by atoms with Crippen molar-refractivity contribution in [3.05, 3.63) is 0 Å². The van der Waals surface area contributed by atoms with E-state index in [9.17, 15) is 9.59 Å². The van der Waals surface area contributed by atoms with E-state index in [0.717, 1.165) is 39.0 Å². The third kappa shape index (κ3) is 6.81. The van der Waals surface area contributed by atoms with Crippen LogP contribution in [0.3, 0.4) is 0 Å². The molecule has 2 aliphatic heterocycles. The molecule has 0 bridgehead atoms. The minimum absolute atomic E-state index is 0.0126. The molecule has 0 spiro atoms. The van der Waals surface area contributed by atoms with Crippen LogP contribution in [-0.4, -0.2) is 61.6 Å². The molecule has 0 amide bonds. The number of nitriles is 1. The fourth-order valence-electron chi connectivity index (χ4n) is 3.36. The van der Waals surface area contributed by atoms with Gasteiger partial charge < -0.3 is 9.80 Å². The molecule has 0 aromatic carbocycles. The molecule has 2 aliphatic rings. The predicted molar refractivity (Wildman–Crippen MR) is 107 cm³/mol. The van der Waals surface area contributed by atoms with Crippen LogP contribution in [0.4, 0.5) is 0 Å². The largest absolute Gasteiger partial charge is 0.306 e. The van der Waals surface area contributed by atoms with E-state index in [4.69, 9.17) is 5.26 Å². The van der Waals surface area contributed by atoms with Crippen LogP contribution in [0, 0.1) is 22.2 Å². The number of hydrogen-bond donors (Lipinski definition) is 0. The van der Waals surface area contributed by atoms with Crippen LogP contribution in [0.2, 0.25) is 0 Å². The number of Topliss-reactive ketones (excluding diaryl/α,β-unsaturated/α-hetero) is 2. The van der Waals surface area contributed by atoms with Crippen LogP contribution in [-0.2, 0) is 9.59 Å². The van der Waals surface area contributed by atoms with Gasteiger partial charge in [-0.15, -0.1) is 0 Å². The summed E-state index contributed by atoms with van der Waals surface area (Å²) in [5, 5.41) is 8.91. The number of nitrogens with zero attached hydrogens (tertiary/aromatic N) is 3. The molecule has 0 saturated carbocycles. The summed E-state index contributed by atoms with van der Waals surface area (Å²) in [5.74, 6) is 0.466. The van der Waals surface area contributed by atoms with Crippen molar-refractivity contribution in [3.8, 4) is 6.07 Å². The maximum absolute atomic E-state index is 11.6. The van der Waals surface area contributed by atoms with Crippen molar-refractivity contribution in [1.82, 2.24) is 9.80 Å². The Morgan fingerprint density at radius 2 is 1.35 bits per heavy atom. The normalized spacial score (nSPS) is 21.9. The van der Waals surface area contributed by atoms with Gasteiger partial charge in [-0.3, -0.25) is 9.59 Å². The number of piperidine rings is 2. The Morgan fingerprint density at radius 3 is 1.65 bits per heavy atom. The summed E-state index contributed by atoms with van der Waals surface area (Å²) in [6.07, 6.45) is 4.15. The Balaban J connectivity index is 0.000000439. The van der Waals surface area contributed by atoms with Crippen LogP contribution < -0.4 is 0 Å². The average Bonchev–Trinajstić information content (AvgIpc) is 2.66. The Hall–Kier alpha value is -1.25. The molecule has 0 aromatic rings. The van der Waals surface area contributed by atoms with Gasteiger partial charge in [0.15, 0.2) is 0 Å². The van der Waals surface area contributed by atoms with Crippen molar-refractivity contribution in [2.24, 2.45) is 10.8 Å². The maximum atomic E-state index is 11.6. The van der Waals surface area contributed by atoms with Crippen LogP contribution in [0.5, 0.6) is 0 Å². The molecular formula is C21H39N3O2. The molecule has 5 nitrogen and oxygen atoms in total.